The van der Waals surface area contributed by atoms with Crippen LogP contribution < -0.4 is 5.73 Å². The van der Waals surface area contributed by atoms with Gasteiger partial charge in [-0.3, -0.25) is 4.90 Å². The lowest BCUT2D eigenvalue weighted by Gasteiger charge is -2.51. The Bertz CT molecular complexity index is 732. The van der Waals surface area contributed by atoms with Gasteiger partial charge in [0.15, 0.2) is 0 Å². The maximum atomic E-state index is 5.90. The Kier molecular flexibility index (Phi) is 4.53. The molecule has 0 bridgehead atoms. The smallest absolute Gasteiger partial charge is 0.0484 e. The molecule has 2 N–H and O–H groups in total. The van der Waals surface area contributed by atoms with E-state index in [0.29, 0.717) is 0 Å². The highest BCUT2D eigenvalue weighted by Gasteiger charge is 2.42. The summed E-state index contributed by atoms with van der Waals surface area (Å²) in [6, 6.07) is 17.4. The van der Waals surface area contributed by atoms with Gasteiger partial charge in [-0.2, -0.15) is 0 Å². The van der Waals surface area contributed by atoms with E-state index >= 15 is 0 Å². The number of hydrogen-bond donors (Lipinski definition) is 1. The van der Waals surface area contributed by atoms with Crippen LogP contribution in [-0.2, 0) is 18.4 Å². The maximum Gasteiger partial charge on any atom is 0.0484 e. The molecule has 1 fully saturated rings. The molecular formula is C22H29N3. The second-order valence-electron chi connectivity index (χ2n) is 7.70. The van der Waals surface area contributed by atoms with Gasteiger partial charge in [-0.1, -0.05) is 36.4 Å². The van der Waals surface area contributed by atoms with Crippen molar-refractivity contribution in [2.24, 2.45) is 0 Å². The van der Waals surface area contributed by atoms with Crippen molar-refractivity contribution in [3.63, 3.8) is 0 Å². The molecule has 0 saturated carbocycles. The molecule has 1 spiro atoms. The number of nitrogen functional groups attached to an aromatic ring is 1. The van der Waals surface area contributed by atoms with Crippen molar-refractivity contribution in [3.05, 3.63) is 65.2 Å². The topological polar surface area (TPSA) is 32.5 Å². The monoisotopic (exact) mass is 335 g/mol. The third-order valence-electron chi connectivity index (χ3n) is 6.32. The van der Waals surface area contributed by atoms with Crippen LogP contribution in [0.3, 0.4) is 0 Å². The van der Waals surface area contributed by atoms with Gasteiger partial charge in [0.2, 0.25) is 0 Å². The van der Waals surface area contributed by atoms with Crippen LogP contribution in [0.25, 0.3) is 0 Å². The molecule has 0 atom stereocenters. The largest absolute Gasteiger partial charge is 0.399 e. The van der Waals surface area contributed by atoms with Gasteiger partial charge < -0.3 is 10.6 Å². The zero-order valence-electron chi connectivity index (χ0n) is 15.2. The Labute approximate surface area is 151 Å². The molecule has 0 unspecified atom stereocenters. The molecule has 132 valence electrons. The molecule has 3 nitrogen and oxygen atoms in total. The highest BCUT2D eigenvalue weighted by molar-refractivity contribution is 5.40. The van der Waals surface area contributed by atoms with Crippen LogP contribution in [0, 0.1) is 0 Å². The summed E-state index contributed by atoms with van der Waals surface area (Å²) in [7, 11) is 2.32. The molecule has 1 saturated heterocycles. The van der Waals surface area contributed by atoms with E-state index < -0.39 is 0 Å². The summed E-state index contributed by atoms with van der Waals surface area (Å²) < 4.78 is 0. The zero-order chi connectivity index (χ0) is 17.3. The molecule has 0 aromatic heterocycles. The Morgan fingerprint density at radius 1 is 1.00 bits per heavy atom. The van der Waals surface area contributed by atoms with Crippen molar-refractivity contribution < 1.29 is 0 Å². The summed E-state index contributed by atoms with van der Waals surface area (Å²) in [6.45, 7) is 4.67. The molecule has 25 heavy (non-hydrogen) atoms. The van der Waals surface area contributed by atoms with Crippen molar-refractivity contribution in [1.82, 2.24) is 9.80 Å². The molecule has 0 radical (unpaired) electrons. The molecule has 4 rings (SSSR count). The Balaban J connectivity index is 1.43. The van der Waals surface area contributed by atoms with Gasteiger partial charge >= 0.3 is 0 Å². The standard InChI is InChI=1S/C22H29N3/c1-24-13-10-19-6-2-3-8-21(19)22(24)11-15-25(16-12-22)14-9-18-5-4-7-20(23)17-18/h2-8,17H,9-16,23H2,1H3. The fourth-order valence-electron chi connectivity index (χ4n) is 4.73. The molecule has 3 heteroatoms. The van der Waals surface area contributed by atoms with E-state index in [-0.39, 0.29) is 5.54 Å². The fraction of sp³-hybridized carbons (Fsp3) is 0.455. The average Bonchev–Trinajstić information content (AvgIpc) is 2.65. The first-order valence-electron chi connectivity index (χ1n) is 9.54. The Morgan fingerprint density at radius 3 is 2.60 bits per heavy atom. The lowest BCUT2D eigenvalue weighted by Crippen LogP contribution is -2.54. The van der Waals surface area contributed by atoms with E-state index in [1.54, 1.807) is 11.1 Å². The molecular weight excluding hydrogens is 306 g/mol. The second-order valence-corrected chi connectivity index (χ2v) is 7.70. The lowest BCUT2D eigenvalue weighted by atomic mass is 9.74. The first-order valence-corrected chi connectivity index (χ1v) is 9.54. The normalized spacial score (nSPS) is 20.5. The number of fused-ring (bicyclic) bond motifs is 2. The third kappa shape index (κ3) is 3.19. The Morgan fingerprint density at radius 2 is 1.80 bits per heavy atom. The SMILES string of the molecule is CN1CCc2ccccc2C12CCN(CCc1cccc(N)c1)CC2. The second kappa shape index (κ2) is 6.81. The number of hydrogen-bond acceptors (Lipinski definition) is 3. The van der Waals surface area contributed by atoms with Crippen LogP contribution in [0.15, 0.2) is 48.5 Å². The average molecular weight is 335 g/mol. The molecule has 2 aliphatic heterocycles. The highest BCUT2D eigenvalue weighted by atomic mass is 15.2. The van der Waals surface area contributed by atoms with Crippen LogP contribution in [0.1, 0.15) is 29.5 Å². The molecule has 2 aromatic rings. The van der Waals surface area contributed by atoms with Gasteiger partial charge in [0, 0.05) is 37.4 Å². The van der Waals surface area contributed by atoms with Gasteiger partial charge in [-0.25, -0.2) is 0 Å². The van der Waals surface area contributed by atoms with Crippen molar-refractivity contribution in [3.8, 4) is 0 Å². The van der Waals surface area contributed by atoms with Gasteiger partial charge in [0.1, 0.15) is 0 Å². The van der Waals surface area contributed by atoms with Crippen molar-refractivity contribution in [2.75, 3.05) is 39.0 Å². The summed E-state index contributed by atoms with van der Waals surface area (Å²) in [5, 5.41) is 0. The number of nitrogens with zero attached hydrogens (tertiary/aromatic N) is 2. The lowest BCUT2D eigenvalue weighted by molar-refractivity contribution is 0.0284. The van der Waals surface area contributed by atoms with Gasteiger partial charge in [-0.05, 0) is 61.6 Å². The number of anilines is 1. The third-order valence-corrected chi connectivity index (χ3v) is 6.32. The van der Waals surface area contributed by atoms with Crippen LogP contribution in [0.4, 0.5) is 5.69 Å². The minimum Gasteiger partial charge on any atom is -0.399 e. The van der Waals surface area contributed by atoms with E-state index in [9.17, 15) is 0 Å². The van der Waals surface area contributed by atoms with E-state index in [0.717, 1.165) is 18.7 Å². The summed E-state index contributed by atoms with van der Waals surface area (Å²) in [5.41, 5.74) is 11.5. The van der Waals surface area contributed by atoms with Crippen LogP contribution >= 0.6 is 0 Å². The molecule has 0 amide bonds. The van der Waals surface area contributed by atoms with Crippen LogP contribution in [-0.4, -0.2) is 43.0 Å². The first-order chi connectivity index (χ1) is 12.2. The molecule has 0 aliphatic carbocycles. The summed E-state index contributed by atoms with van der Waals surface area (Å²) in [4.78, 5) is 5.24. The minimum atomic E-state index is 0.252. The van der Waals surface area contributed by atoms with Gasteiger partial charge in [-0.15, -0.1) is 0 Å². The maximum absolute atomic E-state index is 5.90. The Hall–Kier alpha value is -1.84. The molecule has 2 heterocycles. The van der Waals surface area contributed by atoms with Crippen molar-refractivity contribution in [1.29, 1.82) is 0 Å². The van der Waals surface area contributed by atoms with E-state index in [4.69, 9.17) is 5.73 Å². The number of rotatable bonds is 3. The van der Waals surface area contributed by atoms with Gasteiger partial charge in [0.05, 0.1) is 0 Å². The van der Waals surface area contributed by atoms with Crippen molar-refractivity contribution in [2.45, 2.75) is 31.2 Å². The first kappa shape index (κ1) is 16.6. The number of likely N-dealkylation sites (N-methyl/N-ethyl adjacent to an activating group) is 1. The van der Waals surface area contributed by atoms with Gasteiger partial charge in [0.25, 0.3) is 0 Å². The number of benzene rings is 2. The summed E-state index contributed by atoms with van der Waals surface area (Å²) >= 11 is 0. The predicted octanol–water partition coefficient (Wildman–Crippen LogP) is 3.29. The predicted molar refractivity (Wildman–Crippen MR) is 105 cm³/mol. The number of piperidine rings is 1. The van der Waals surface area contributed by atoms with Crippen molar-refractivity contribution >= 4 is 5.69 Å². The van der Waals surface area contributed by atoms with E-state index in [1.165, 1.54) is 44.5 Å². The van der Waals surface area contributed by atoms with E-state index in [2.05, 4.69) is 59.3 Å². The zero-order valence-corrected chi connectivity index (χ0v) is 15.2. The quantitative estimate of drug-likeness (QED) is 0.874. The van der Waals surface area contributed by atoms with Crippen LogP contribution in [0.5, 0.6) is 0 Å². The number of likely N-dealkylation sites (tertiary alicyclic amines) is 1. The molecule has 2 aliphatic rings. The summed E-state index contributed by atoms with van der Waals surface area (Å²) in [6.07, 6.45) is 4.74. The highest BCUT2D eigenvalue weighted by Crippen LogP contribution is 2.42. The minimum absolute atomic E-state index is 0.252. The summed E-state index contributed by atoms with van der Waals surface area (Å²) in [5.74, 6) is 0. The number of nitrogens with two attached hydrogens (primary N) is 1. The molecule has 2 aromatic carbocycles. The van der Waals surface area contributed by atoms with E-state index in [1.807, 2.05) is 6.07 Å². The van der Waals surface area contributed by atoms with Crippen LogP contribution in [0.2, 0.25) is 0 Å². The fourth-order valence-corrected chi connectivity index (χ4v) is 4.73.